The van der Waals surface area contributed by atoms with E-state index < -0.39 is 53.7 Å². The highest BCUT2D eigenvalue weighted by molar-refractivity contribution is 5.63. The van der Waals surface area contributed by atoms with Gasteiger partial charge in [0.25, 0.3) is 0 Å². The summed E-state index contributed by atoms with van der Waals surface area (Å²) < 4.78 is 102. The van der Waals surface area contributed by atoms with Gasteiger partial charge < -0.3 is 10.5 Å². The fourth-order valence-corrected chi connectivity index (χ4v) is 3.60. The normalized spacial score (nSPS) is 13.8. The third-order valence-electron chi connectivity index (χ3n) is 5.45. The molecule has 4 rings (SSSR count). The molecule has 0 radical (unpaired) electrons. The monoisotopic (exact) mass is 526 g/mol. The molecular formula is C23H17F7N6O. The molecule has 1 atom stereocenters. The molecule has 7 nitrogen and oxygen atoms in total. The van der Waals surface area contributed by atoms with Crippen molar-refractivity contribution >= 4 is 0 Å². The van der Waals surface area contributed by atoms with E-state index in [2.05, 4.69) is 25.2 Å². The van der Waals surface area contributed by atoms with Gasteiger partial charge in [-0.25, -0.2) is 13.5 Å². The van der Waals surface area contributed by atoms with Gasteiger partial charge in [-0.2, -0.15) is 22.0 Å². The van der Waals surface area contributed by atoms with Crippen molar-refractivity contribution in [2.45, 2.75) is 24.2 Å². The molecule has 14 heteroatoms. The van der Waals surface area contributed by atoms with Crippen molar-refractivity contribution in [3.05, 3.63) is 90.0 Å². The summed E-state index contributed by atoms with van der Waals surface area (Å²) in [6, 6.07) is 9.76. The van der Waals surface area contributed by atoms with Crippen LogP contribution < -0.4 is 10.5 Å². The molecule has 2 aromatic heterocycles. The minimum Gasteiger partial charge on any atom is -0.484 e. The van der Waals surface area contributed by atoms with Gasteiger partial charge in [0.2, 0.25) is 0 Å². The molecule has 0 fully saturated rings. The molecule has 2 N–H and O–H groups in total. The van der Waals surface area contributed by atoms with Crippen LogP contribution in [0.15, 0.2) is 67.1 Å². The quantitative estimate of drug-likeness (QED) is 0.338. The van der Waals surface area contributed by atoms with Crippen molar-refractivity contribution in [3.8, 4) is 16.9 Å². The van der Waals surface area contributed by atoms with Gasteiger partial charge >= 0.3 is 12.1 Å². The summed E-state index contributed by atoms with van der Waals surface area (Å²) in [7, 11) is 0. The first-order chi connectivity index (χ1) is 17.4. The number of nitrogens with zero attached hydrogens (tertiary/aromatic N) is 5. The van der Waals surface area contributed by atoms with Crippen LogP contribution in [0, 0.1) is 11.6 Å². The van der Waals surface area contributed by atoms with Crippen LogP contribution in [0.3, 0.4) is 0 Å². The van der Waals surface area contributed by atoms with Gasteiger partial charge in [-0.15, -0.1) is 5.10 Å². The van der Waals surface area contributed by atoms with Crippen LogP contribution in [-0.2, 0) is 18.0 Å². The van der Waals surface area contributed by atoms with Gasteiger partial charge in [0.1, 0.15) is 34.9 Å². The van der Waals surface area contributed by atoms with Crippen molar-refractivity contribution in [2.24, 2.45) is 5.73 Å². The third kappa shape index (κ3) is 5.53. The molecular weight excluding hydrogens is 509 g/mol. The van der Waals surface area contributed by atoms with Gasteiger partial charge in [-0.1, -0.05) is 24.3 Å². The third-order valence-corrected chi connectivity index (χ3v) is 5.45. The molecule has 4 aromatic rings. The number of alkyl halides is 5. The maximum Gasteiger partial charge on any atom is 0.422 e. The second-order valence-corrected chi connectivity index (χ2v) is 8.04. The number of hydrogen-bond donors (Lipinski definition) is 1. The summed E-state index contributed by atoms with van der Waals surface area (Å²) in [4.78, 5) is 3.82. The highest BCUT2D eigenvalue weighted by Gasteiger charge is 2.56. The number of hydrogen-bond acceptors (Lipinski definition) is 6. The van der Waals surface area contributed by atoms with Crippen LogP contribution in [0.2, 0.25) is 0 Å². The van der Waals surface area contributed by atoms with Crippen molar-refractivity contribution < 1.29 is 35.5 Å². The zero-order valence-electron chi connectivity index (χ0n) is 18.6. The van der Waals surface area contributed by atoms with Crippen LogP contribution in [-0.4, -0.2) is 38.0 Å². The molecule has 1 unspecified atom stereocenters. The van der Waals surface area contributed by atoms with E-state index in [0.717, 1.165) is 35.4 Å². The lowest BCUT2D eigenvalue weighted by Gasteiger charge is -2.37. The molecule has 0 spiro atoms. The molecule has 0 aliphatic carbocycles. The molecule has 0 bridgehead atoms. The van der Waals surface area contributed by atoms with Gasteiger partial charge in [-0.05, 0) is 40.3 Å². The Balaban J connectivity index is 1.64. The zero-order chi connectivity index (χ0) is 26.8. The second-order valence-electron chi connectivity index (χ2n) is 8.04. The Morgan fingerprint density at radius 1 is 0.892 bits per heavy atom. The average Bonchev–Trinajstić information content (AvgIpc) is 3.35. The smallest absolute Gasteiger partial charge is 0.422 e. The van der Waals surface area contributed by atoms with Crippen LogP contribution in [0.4, 0.5) is 30.7 Å². The molecule has 194 valence electrons. The Kier molecular flexibility index (Phi) is 6.86. The minimum absolute atomic E-state index is 0.0333. The topological polar surface area (TPSA) is 91.7 Å². The fraction of sp³-hybridized carbons (Fsp3) is 0.217. The van der Waals surface area contributed by atoms with E-state index in [1.165, 1.54) is 30.3 Å². The number of benzene rings is 2. The predicted octanol–water partition coefficient (Wildman–Crippen LogP) is 4.60. The first-order valence-corrected chi connectivity index (χ1v) is 10.5. The number of pyridine rings is 1. The Labute approximate surface area is 204 Å². The molecule has 0 aliphatic rings. The van der Waals surface area contributed by atoms with Crippen molar-refractivity contribution in [1.29, 1.82) is 0 Å². The summed E-state index contributed by atoms with van der Waals surface area (Å²) in [6.07, 6.45) is -2.38. The molecule has 37 heavy (non-hydrogen) atoms. The summed E-state index contributed by atoms with van der Waals surface area (Å²) in [5.41, 5.74) is 2.66. The van der Waals surface area contributed by atoms with E-state index in [0.29, 0.717) is 17.2 Å². The highest BCUT2D eigenvalue weighted by atomic mass is 19.4. The highest BCUT2D eigenvalue weighted by Crippen LogP contribution is 2.45. The first-order valence-electron chi connectivity index (χ1n) is 10.5. The molecule has 2 aromatic carbocycles. The van der Waals surface area contributed by atoms with E-state index in [9.17, 15) is 22.0 Å². The lowest BCUT2D eigenvalue weighted by molar-refractivity contribution is -0.153. The number of halogens is 7. The SMILES string of the molecule is NC(Cn1cnnn1)(c1ccc(F)cc1F)C(F)(F)c1ccc(-c2ccc(OCC(F)(F)F)cc2)cn1. The maximum atomic E-state index is 15.9. The lowest BCUT2D eigenvalue weighted by Crippen LogP contribution is -2.55. The first kappa shape index (κ1) is 26.0. The van der Waals surface area contributed by atoms with Crippen LogP contribution in [0.1, 0.15) is 11.3 Å². The van der Waals surface area contributed by atoms with Crippen molar-refractivity contribution in [2.75, 3.05) is 6.61 Å². The van der Waals surface area contributed by atoms with Gasteiger partial charge in [0.05, 0.1) is 6.54 Å². The molecule has 2 heterocycles. The Hall–Kier alpha value is -4.07. The van der Waals surface area contributed by atoms with Gasteiger partial charge in [0, 0.05) is 23.4 Å². The molecule has 0 amide bonds. The van der Waals surface area contributed by atoms with Crippen molar-refractivity contribution in [3.63, 3.8) is 0 Å². The number of nitrogens with two attached hydrogens (primary N) is 1. The van der Waals surface area contributed by atoms with E-state index in [1.807, 2.05) is 0 Å². The standard InChI is InChI=1S/C23H17F7N6O/c24-16-4-7-18(19(25)9-16)21(31,11-36-13-33-34-35-36)23(29,30)20-8-3-15(10-32-20)14-1-5-17(6-2-14)37-12-22(26,27)28/h1-10,13H,11-12,31H2. The van der Waals surface area contributed by atoms with Crippen LogP contribution in [0.5, 0.6) is 5.75 Å². The minimum atomic E-state index is -4.50. The number of rotatable bonds is 8. The van der Waals surface area contributed by atoms with Gasteiger partial charge in [0.15, 0.2) is 6.61 Å². The molecule has 0 aliphatic heterocycles. The summed E-state index contributed by atoms with van der Waals surface area (Å²) in [6.45, 7) is -2.24. The van der Waals surface area contributed by atoms with Gasteiger partial charge in [-0.3, -0.25) is 4.98 Å². The maximum absolute atomic E-state index is 15.9. The van der Waals surface area contributed by atoms with Crippen molar-refractivity contribution in [1.82, 2.24) is 25.2 Å². The molecule has 0 saturated heterocycles. The van der Waals surface area contributed by atoms with Crippen LogP contribution >= 0.6 is 0 Å². The number of ether oxygens (including phenoxy) is 1. The number of aromatic nitrogens is 5. The summed E-state index contributed by atoms with van der Waals surface area (Å²) in [5.74, 6) is -6.31. The Morgan fingerprint density at radius 2 is 1.59 bits per heavy atom. The largest absolute Gasteiger partial charge is 0.484 e. The lowest BCUT2D eigenvalue weighted by atomic mass is 9.82. The van der Waals surface area contributed by atoms with E-state index in [1.54, 1.807) is 0 Å². The average molecular weight is 526 g/mol. The summed E-state index contributed by atoms with van der Waals surface area (Å²) >= 11 is 0. The van der Waals surface area contributed by atoms with E-state index >= 15 is 8.78 Å². The number of tetrazole rings is 1. The fourth-order valence-electron chi connectivity index (χ4n) is 3.60. The van der Waals surface area contributed by atoms with E-state index in [-0.39, 0.29) is 5.75 Å². The van der Waals surface area contributed by atoms with Crippen LogP contribution in [0.25, 0.3) is 11.1 Å². The zero-order valence-corrected chi connectivity index (χ0v) is 18.6. The Bertz CT molecular complexity index is 1350. The predicted molar refractivity (Wildman–Crippen MR) is 115 cm³/mol. The second kappa shape index (κ2) is 9.76. The summed E-state index contributed by atoms with van der Waals surface area (Å²) in [5, 5.41) is 10.2. The molecule has 0 saturated carbocycles. The van der Waals surface area contributed by atoms with E-state index in [4.69, 9.17) is 5.73 Å². The Morgan fingerprint density at radius 3 is 2.16 bits per heavy atom.